The Bertz CT molecular complexity index is 664. The second-order valence-electron chi connectivity index (χ2n) is 7.50. The summed E-state index contributed by atoms with van der Waals surface area (Å²) in [4.78, 5) is 17.3. The van der Waals surface area contributed by atoms with Gasteiger partial charge in [-0.1, -0.05) is 12.1 Å². The molecule has 1 aromatic carbocycles. The number of benzene rings is 1. The summed E-state index contributed by atoms with van der Waals surface area (Å²) in [6.07, 6.45) is 2.58. The maximum Gasteiger partial charge on any atom is 0.230 e. The number of hydrogen-bond donors (Lipinski definition) is 2. The van der Waals surface area contributed by atoms with Crippen molar-refractivity contribution in [3.05, 3.63) is 23.8 Å². The van der Waals surface area contributed by atoms with Crippen molar-refractivity contribution in [2.45, 2.75) is 31.8 Å². The Balaban J connectivity index is 1.77. The van der Waals surface area contributed by atoms with Gasteiger partial charge < -0.3 is 24.6 Å². The number of ether oxygens (including phenoxy) is 2. The van der Waals surface area contributed by atoms with Crippen LogP contribution in [0.15, 0.2) is 18.2 Å². The predicted octanol–water partition coefficient (Wildman–Crippen LogP) is 0.872. The van der Waals surface area contributed by atoms with E-state index in [0.717, 1.165) is 37.9 Å². The van der Waals surface area contributed by atoms with Crippen LogP contribution in [0.25, 0.3) is 0 Å². The average Bonchev–Trinajstić information content (AvgIpc) is 3.11. The van der Waals surface area contributed by atoms with Crippen molar-refractivity contribution in [2.24, 2.45) is 5.41 Å². The minimum atomic E-state index is -0.410. The van der Waals surface area contributed by atoms with Crippen LogP contribution < -0.4 is 9.47 Å². The molecule has 0 aromatic heterocycles. The molecule has 0 radical (unpaired) electrons. The van der Waals surface area contributed by atoms with E-state index in [1.54, 1.807) is 14.2 Å². The van der Waals surface area contributed by atoms with Gasteiger partial charge in [0, 0.05) is 25.2 Å². The molecule has 1 aromatic rings. The van der Waals surface area contributed by atoms with Gasteiger partial charge in [0.05, 0.1) is 38.9 Å². The van der Waals surface area contributed by atoms with Crippen LogP contribution in [-0.4, -0.2) is 79.0 Å². The highest BCUT2D eigenvalue weighted by Gasteiger charge is 2.49. The molecule has 7 heteroatoms. The van der Waals surface area contributed by atoms with E-state index < -0.39 is 5.41 Å². The molecule has 0 bridgehead atoms. The van der Waals surface area contributed by atoms with Gasteiger partial charge in [-0.15, -0.1) is 0 Å². The molecule has 2 heterocycles. The second-order valence-corrected chi connectivity index (χ2v) is 7.50. The normalized spacial score (nSPS) is 23.4. The third-order valence-corrected chi connectivity index (χ3v) is 5.99. The Morgan fingerprint density at radius 1 is 1.15 bits per heavy atom. The van der Waals surface area contributed by atoms with E-state index in [9.17, 15) is 15.0 Å². The standard InChI is InChI=1S/C20H30N2O5/c1-26-17-6-3-5-15(18(17)27-2)11-21-9-4-7-20(19(21)25)8-10-22(14-20)16(12-23)13-24/h3,5-6,16,23-24H,4,7-14H2,1-2H3/t20-/m1/s1. The van der Waals surface area contributed by atoms with Crippen LogP contribution in [0.5, 0.6) is 11.5 Å². The van der Waals surface area contributed by atoms with Crippen molar-refractivity contribution >= 4 is 5.91 Å². The van der Waals surface area contributed by atoms with E-state index in [2.05, 4.69) is 0 Å². The monoisotopic (exact) mass is 378 g/mol. The first-order chi connectivity index (χ1) is 13.1. The maximum absolute atomic E-state index is 13.4. The quantitative estimate of drug-likeness (QED) is 0.733. The fraction of sp³-hybridized carbons (Fsp3) is 0.650. The van der Waals surface area contributed by atoms with E-state index >= 15 is 0 Å². The highest BCUT2D eigenvalue weighted by Crippen LogP contribution is 2.42. The molecule has 2 saturated heterocycles. The topological polar surface area (TPSA) is 82.5 Å². The summed E-state index contributed by atoms with van der Waals surface area (Å²) < 4.78 is 10.9. The third kappa shape index (κ3) is 3.77. The van der Waals surface area contributed by atoms with E-state index in [0.29, 0.717) is 24.6 Å². The number of rotatable bonds is 7. The van der Waals surface area contributed by atoms with Crippen molar-refractivity contribution in [1.29, 1.82) is 0 Å². The first-order valence-electron chi connectivity index (χ1n) is 9.53. The summed E-state index contributed by atoms with van der Waals surface area (Å²) in [6, 6.07) is 5.43. The van der Waals surface area contributed by atoms with Crippen LogP contribution in [0.3, 0.4) is 0 Å². The van der Waals surface area contributed by atoms with Gasteiger partial charge >= 0.3 is 0 Å². The summed E-state index contributed by atoms with van der Waals surface area (Å²) >= 11 is 0. The zero-order valence-corrected chi connectivity index (χ0v) is 16.2. The van der Waals surface area contributed by atoms with Crippen molar-refractivity contribution in [3.63, 3.8) is 0 Å². The van der Waals surface area contributed by atoms with Crippen LogP contribution in [0.2, 0.25) is 0 Å². The summed E-state index contributed by atoms with van der Waals surface area (Å²) in [5.74, 6) is 1.49. The number of para-hydroxylation sites is 1. The fourth-order valence-corrected chi connectivity index (χ4v) is 4.47. The SMILES string of the molecule is COc1cccc(CN2CCC[C@]3(CCN(C(CO)CO)C3)C2=O)c1OC. The van der Waals surface area contributed by atoms with Crippen molar-refractivity contribution < 1.29 is 24.5 Å². The Kier molecular flexibility index (Phi) is 6.24. The first kappa shape index (κ1) is 19.9. The number of methoxy groups -OCH3 is 2. The van der Waals surface area contributed by atoms with Gasteiger partial charge in [0.1, 0.15) is 0 Å². The number of piperidine rings is 1. The van der Waals surface area contributed by atoms with Gasteiger partial charge in [-0.2, -0.15) is 0 Å². The summed E-state index contributed by atoms with van der Waals surface area (Å²) in [7, 11) is 3.22. The van der Waals surface area contributed by atoms with Gasteiger partial charge in [0.15, 0.2) is 11.5 Å². The second kappa shape index (κ2) is 8.46. The summed E-state index contributed by atoms with van der Waals surface area (Å²) in [6.45, 7) is 2.36. The molecule has 0 unspecified atom stereocenters. The van der Waals surface area contributed by atoms with Gasteiger partial charge in [0.25, 0.3) is 0 Å². The molecule has 1 atom stereocenters. The first-order valence-corrected chi connectivity index (χ1v) is 9.53. The fourth-order valence-electron chi connectivity index (χ4n) is 4.47. The van der Waals surface area contributed by atoms with E-state index in [1.807, 2.05) is 28.0 Å². The van der Waals surface area contributed by atoms with E-state index in [1.165, 1.54) is 0 Å². The van der Waals surface area contributed by atoms with Crippen molar-refractivity contribution in [3.8, 4) is 11.5 Å². The lowest BCUT2D eigenvalue weighted by Gasteiger charge is -2.40. The minimum absolute atomic E-state index is 0.0918. The summed E-state index contributed by atoms with van der Waals surface area (Å²) in [5.41, 5.74) is 0.521. The molecular formula is C20H30N2O5. The number of amides is 1. The van der Waals surface area contributed by atoms with Crippen LogP contribution in [0.4, 0.5) is 0 Å². The number of aliphatic hydroxyl groups is 2. The highest BCUT2D eigenvalue weighted by molar-refractivity contribution is 5.84. The smallest absolute Gasteiger partial charge is 0.230 e. The lowest BCUT2D eigenvalue weighted by atomic mass is 9.78. The van der Waals surface area contributed by atoms with Gasteiger partial charge in [-0.25, -0.2) is 0 Å². The highest BCUT2D eigenvalue weighted by atomic mass is 16.5. The molecule has 150 valence electrons. The lowest BCUT2D eigenvalue weighted by Crippen LogP contribution is -2.50. The molecule has 2 aliphatic heterocycles. The molecular weight excluding hydrogens is 348 g/mol. The Morgan fingerprint density at radius 3 is 2.59 bits per heavy atom. The third-order valence-electron chi connectivity index (χ3n) is 5.99. The largest absolute Gasteiger partial charge is 0.493 e. The van der Waals surface area contributed by atoms with E-state index in [-0.39, 0.29) is 25.2 Å². The molecule has 27 heavy (non-hydrogen) atoms. The van der Waals surface area contributed by atoms with Crippen LogP contribution in [0, 0.1) is 5.41 Å². The maximum atomic E-state index is 13.4. The lowest BCUT2D eigenvalue weighted by molar-refractivity contribution is -0.146. The Morgan fingerprint density at radius 2 is 1.93 bits per heavy atom. The zero-order chi connectivity index (χ0) is 19.4. The molecule has 1 amide bonds. The van der Waals surface area contributed by atoms with Crippen molar-refractivity contribution in [2.75, 3.05) is 47.1 Å². The minimum Gasteiger partial charge on any atom is -0.493 e. The number of nitrogens with zero attached hydrogens (tertiary/aromatic N) is 2. The predicted molar refractivity (Wildman–Crippen MR) is 101 cm³/mol. The molecule has 2 aliphatic rings. The van der Waals surface area contributed by atoms with Crippen LogP contribution >= 0.6 is 0 Å². The average molecular weight is 378 g/mol. The molecule has 2 fully saturated rings. The molecule has 7 nitrogen and oxygen atoms in total. The molecule has 0 aliphatic carbocycles. The molecule has 2 N–H and O–H groups in total. The Hall–Kier alpha value is -1.83. The van der Waals surface area contributed by atoms with Gasteiger partial charge in [-0.05, 0) is 31.9 Å². The van der Waals surface area contributed by atoms with Crippen molar-refractivity contribution in [1.82, 2.24) is 9.80 Å². The summed E-state index contributed by atoms with van der Waals surface area (Å²) in [5, 5.41) is 18.9. The number of aliphatic hydroxyl groups excluding tert-OH is 2. The number of likely N-dealkylation sites (tertiary alicyclic amines) is 2. The van der Waals surface area contributed by atoms with Crippen LogP contribution in [-0.2, 0) is 11.3 Å². The zero-order valence-electron chi connectivity index (χ0n) is 16.2. The number of hydrogen-bond acceptors (Lipinski definition) is 6. The molecule has 0 saturated carbocycles. The molecule has 1 spiro atoms. The number of carbonyl (C=O) groups is 1. The molecule has 3 rings (SSSR count). The Labute approximate surface area is 160 Å². The van der Waals surface area contributed by atoms with E-state index in [4.69, 9.17) is 9.47 Å². The van der Waals surface area contributed by atoms with Gasteiger partial charge in [-0.3, -0.25) is 9.69 Å². The van der Waals surface area contributed by atoms with Crippen LogP contribution in [0.1, 0.15) is 24.8 Å². The van der Waals surface area contributed by atoms with Gasteiger partial charge in [0.2, 0.25) is 5.91 Å². The number of carbonyl (C=O) groups excluding carboxylic acids is 1.